The van der Waals surface area contributed by atoms with E-state index in [0.29, 0.717) is 23.5 Å². The summed E-state index contributed by atoms with van der Waals surface area (Å²) in [5.41, 5.74) is 0.366. The van der Waals surface area contributed by atoms with Crippen molar-refractivity contribution < 1.29 is 24.2 Å². The van der Waals surface area contributed by atoms with E-state index < -0.39 is 12.0 Å². The van der Waals surface area contributed by atoms with Gasteiger partial charge in [0.05, 0.1) is 20.6 Å². The maximum Gasteiger partial charge on any atom is 0.305 e. The van der Waals surface area contributed by atoms with Crippen LogP contribution in [0.4, 0.5) is 0 Å². The standard InChI is InChI=1S/C14H19NO5/c1-4-10(7-13(16)17)15-14(18)9-5-11(19-2)8-12(6-9)20-3/h5-6,8,10H,4,7H2,1-3H3,(H,15,18)(H,16,17). The van der Waals surface area contributed by atoms with Gasteiger partial charge < -0.3 is 19.9 Å². The molecule has 1 aromatic rings. The van der Waals surface area contributed by atoms with Gasteiger partial charge in [0.25, 0.3) is 5.91 Å². The number of aliphatic carboxylic acids is 1. The van der Waals surface area contributed by atoms with Gasteiger partial charge in [-0.2, -0.15) is 0 Å². The van der Waals surface area contributed by atoms with Crippen molar-refractivity contribution >= 4 is 11.9 Å². The molecular weight excluding hydrogens is 262 g/mol. The highest BCUT2D eigenvalue weighted by Crippen LogP contribution is 2.22. The fourth-order valence-electron chi connectivity index (χ4n) is 1.72. The first-order valence-corrected chi connectivity index (χ1v) is 6.25. The number of carbonyl (C=O) groups is 2. The Kier molecular flexibility index (Phi) is 5.83. The summed E-state index contributed by atoms with van der Waals surface area (Å²) in [5.74, 6) is -0.294. The number of carbonyl (C=O) groups excluding carboxylic acids is 1. The molecule has 1 atom stereocenters. The molecule has 6 nitrogen and oxygen atoms in total. The van der Waals surface area contributed by atoms with Gasteiger partial charge in [-0.25, -0.2) is 0 Å². The molecule has 2 N–H and O–H groups in total. The third kappa shape index (κ3) is 4.46. The minimum atomic E-state index is -0.944. The lowest BCUT2D eigenvalue weighted by atomic mass is 10.1. The van der Waals surface area contributed by atoms with E-state index in [1.54, 1.807) is 18.2 Å². The number of nitrogens with one attached hydrogen (secondary N) is 1. The van der Waals surface area contributed by atoms with Crippen LogP contribution in [-0.2, 0) is 4.79 Å². The topological polar surface area (TPSA) is 84.9 Å². The van der Waals surface area contributed by atoms with Crippen molar-refractivity contribution in [2.45, 2.75) is 25.8 Å². The second-order valence-electron chi connectivity index (χ2n) is 4.28. The number of rotatable bonds is 7. The molecule has 20 heavy (non-hydrogen) atoms. The molecule has 1 aromatic carbocycles. The number of carboxylic acid groups (broad SMARTS) is 1. The highest BCUT2D eigenvalue weighted by atomic mass is 16.5. The van der Waals surface area contributed by atoms with Crippen LogP contribution in [-0.4, -0.2) is 37.2 Å². The van der Waals surface area contributed by atoms with Crippen molar-refractivity contribution in [3.63, 3.8) is 0 Å². The Balaban J connectivity index is 2.87. The molecule has 0 aliphatic carbocycles. The smallest absolute Gasteiger partial charge is 0.305 e. The molecule has 0 aromatic heterocycles. The number of carboxylic acids is 1. The highest BCUT2D eigenvalue weighted by molar-refractivity contribution is 5.95. The Morgan fingerprint density at radius 2 is 1.75 bits per heavy atom. The van der Waals surface area contributed by atoms with Crippen molar-refractivity contribution in [3.05, 3.63) is 23.8 Å². The van der Waals surface area contributed by atoms with Crippen LogP contribution in [0.3, 0.4) is 0 Å². The van der Waals surface area contributed by atoms with Crippen molar-refractivity contribution in [2.24, 2.45) is 0 Å². The van der Waals surface area contributed by atoms with Crippen LogP contribution < -0.4 is 14.8 Å². The van der Waals surface area contributed by atoms with E-state index in [1.165, 1.54) is 14.2 Å². The Morgan fingerprint density at radius 3 is 2.15 bits per heavy atom. The summed E-state index contributed by atoms with van der Waals surface area (Å²) in [4.78, 5) is 22.8. The second kappa shape index (κ2) is 7.37. The van der Waals surface area contributed by atoms with Crippen LogP contribution in [0.15, 0.2) is 18.2 Å². The zero-order chi connectivity index (χ0) is 15.1. The average Bonchev–Trinajstić information content (AvgIpc) is 2.45. The predicted molar refractivity (Wildman–Crippen MR) is 73.3 cm³/mol. The summed E-state index contributed by atoms with van der Waals surface area (Å²) in [7, 11) is 2.99. The lowest BCUT2D eigenvalue weighted by molar-refractivity contribution is -0.137. The summed E-state index contributed by atoms with van der Waals surface area (Å²) in [6.45, 7) is 1.82. The van der Waals surface area contributed by atoms with Crippen LogP contribution in [0.2, 0.25) is 0 Å². The van der Waals surface area contributed by atoms with Crippen LogP contribution >= 0.6 is 0 Å². The molecule has 0 aliphatic heterocycles. The Hall–Kier alpha value is -2.24. The predicted octanol–water partition coefficient (Wildman–Crippen LogP) is 1.69. The molecule has 0 spiro atoms. The minimum Gasteiger partial charge on any atom is -0.497 e. The SMILES string of the molecule is CCC(CC(=O)O)NC(=O)c1cc(OC)cc(OC)c1. The Bertz CT molecular complexity index is 464. The quantitative estimate of drug-likeness (QED) is 0.794. The van der Waals surface area contributed by atoms with E-state index >= 15 is 0 Å². The highest BCUT2D eigenvalue weighted by Gasteiger charge is 2.16. The minimum absolute atomic E-state index is 0.108. The summed E-state index contributed by atoms with van der Waals surface area (Å²) >= 11 is 0. The van der Waals surface area contributed by atoms with Gasteiger partial charge in [0.15, 0.2) is 0 Å². The molecule has 0 fully saturated rings. The molecule has 1 amide bonds. The molecule has 0 saturated heterocycles. The van der Waals surface area contributed by atoms with E-state index in [4.69, 9.17) is 14.6 Å². The molecule has 0 bridgehead atoms. The molecule has 0 saturated carbocycles. The number of amides is 1. The third-order valence-electron chi connectivity index (χ3n) is 2.86. The fraction of sp³-hybridized carbons (Fsp3) is 0.429. The van der Waals surface area contributed by atoms with Crippen molar-refractivity contribution in [1.82, 2.24) is 5.32 Å². The number of benzene rings is 1. The van der Waals surface area contributed by atoms with Gasteiger partial charge in [-0.3, -0.25) is 9.59 Å². The zero-order valence-electron chi connectivity index (χ0n) is 11.8. The lowest BCUT2D eigenvalue weighted by Crippen LogP contribution is -2.36. The molecule has 6 heteroatoms. The van der Waals surface area contributed by atoms with Crippen molar-refractivity contribution in [3.8, 4) is 11.5 Å². The third-order valence-corrected chi connectivity index (χ3v) is 2.86. The first kappa shape index (κ1) is 15.8. The molecule has 0 heterocycles. The first-order valence-electron chi connectivity index (χ1n) is 6.25. The molecular formula is C14H19NO5. The molecule has 110 valence electrons. The van der Waals surface area contributed by atoms with Gasteiger partial charge in [0, 0.05) is 17.7 Å². The molecule has 1 unspecified atom stereocenters. The largest absolute Gasteiger partial charge is 0.497 e. The zero-order valence-corrected chi connectivity index (χ0v) is 11.8. The van der Waals surface area contributed by atoms with Gasteiger partial charge in [-0.05, 0) is 18.6 Å². The van der Waals surface area contributed by atoms with E-state index in [9.17, 15) is 9.59 Å². The van der Waals surface area contributed by atoms with Crippen LogP contribution in [0.25, 0.3) is 0 Å². The normalized spacial score (nSPS) is 11.6. The number of hydrogen-bond acceptors (Lipinski definition) is 4. The van der Waals surface area contributed by atoms with Gasteiger partial charge in [0.1, 0.15) is 11.5 Å². The Morgan fingerprint density at radius 1 is 1.20 bits per heavy atom. The number of hydrogen-bond donors (Lipinski definition) is 2. The maximum atomic E-state index is 12.1. The van der Waals surface area contributed by atoms with E-state index in [1.807, 2.05) is 6.92 Å². The average molecular weight is 281 g/mol. The van der Waals surface area contributed by atoms with E-state index in [2.05, 4.69) is 5.32 Å². The fourth-order valence-corrected chi connectivity index (χ4v) is 1.72. The molecule has 1 rings (SSSR count). The van der Waals surface area contributed by atoms with Crippen molar-refractivity contribution in [1.29, 1.82) is 0 Å². The van der Waals surface area contributed by atoms with Gasteiger partial charge >= 0.3 is 5.97 Å². The van der Waals surface area contributed by atoms with Crippen LogP contribution in [0, 0.1) is 0 Å². The summed E-state index contributed by atoms with van der Waals surface area (Å²) in [6, 6.07) is 4.40. The summed E-state index contributed by atoms with van der Waals surface area (Å²) in [6.07, 6.45) is 0.433. The molecule has 0 radical (unpaired) electrons. The van der Waals surface area contributed by atoms with Gasteiger partial charge in [-0.15, -0.1) is 0 Å². The van der Waals surface area contributed by atoms with Crippen LogP contribution in [0.1, 0.15) is 30.1 Å². The number of ether oxygens (including phenoxy) is 2. The second-order valence-corrected chi connectivity index (χ2v) is 4.28. The van der Waals surface area contributed by atoms with Crippen LogP contribution in [0.5, 0.6) is 11.5 Å². The van der Waals surface area contributed by atoms with Gasteiger partial charge in [-0.1, -0.05) is 6.92 Å². The Labute approximate surface area is 117 Å². The maximum absolute atomic E-state index is 12.1. The molecule has 0 aliphatic rings. The monoisotopic (exact) mass is 281 g/mol. The number of methoxy groups -OCH3 is 2. The van der Waals surface area contributed by atoms with E-state index in [-0.39, 0.29) is 12.3 Å². The van der Waals surface area contributed by atoms with E-state index in [0.717, 1.165) is 0 Å². The van der Waals surface area contributed by atoms with Gasteiger partial charge in [0.2, 0.25) is 0 Å². The summed E-state index contributed by atoms with van der Waals surface area (Å²) in [5, 5.41) is 11.5. The summed E-state index contributed by atoms with van der Waals surface area (Å²) < 4.78 is 10.2. The first-order chi connectivity index (χ1) is 9.49. The van der Waals surface area contributed by atoms with Crippen molar-refractivity contribution in [2.75, 3.05) is 14.2 Å². The lowest BCUT2D eigenvalue weighted by Gasteiger charge is -2.15.